The van der Waals surface area contributed by atoms with Crippen LogP contribution in [0.5, 0.6) is 5.75 Å². The summed E-state index contributed by atoms with van der Waals surface area (Å²) in [6.07, 6.45) is 2.94. The minimum atomic E-state index is -0.390. The Balaban J connectivity index is 1.60. The van der Waals surface area contributed by atoms with Gasteiger partial charge in [-0.15, -0.1) is 5.10 Å². The Kier molecular flexibility index (Phi) is 6.24. The first-order chi connectivity index (χ1) is 16.3. The van der Waals surface area contributed by atoms with Gasteiger partial charge in [-0.05, 0) is 38.1 Å². The predicted molar refractivity (Wildman–Crippen MR) is 131 cm³/mol. The summed E-state index contributed by atoms with van der Waals surface area (Å²) in [6, 6.07) is 10.1. The average Bonchev–Trinajstić information content (AvgIpc) is 3.40. The van der Waals surface area contributed by atoms with Crippen molar-refractivity contribution >= 4 is 46.8 Å². The third-order valence-corrected chi connectivity index (χ3v) is 5.47. The van der Waals surface area contributed by atoms with Gasteiger partial charge in [-0.2, -0.15) is 0 Å². The number of hydrogen-bond donors (Lipinski definition) is 4. The number of nitrogen functional groups attached to an aromatic ring is 1. The maximum Gasteiger partial charge on any atom is 0.261 e. The van der Waals surface area contributed by atoms with Crippen LogP contribution in [0.4, 0.5) is 23.1 Å². The summed E-state index contributed by atoms with van der Waals surface area (Å²) in [6.45, 7) is 3.66. The topological polar surface area (TPSA) is 144 Å². The van der Waals surface area contributed by atoms with Gasteiger partial charge in [0.05, 0.1) is 34.8 Å². The molecule has 0 saturated carbocycles. The summed E-state index contributed by atoms with van der Waals surface area (Å²) < 4.78 is 12.1. The lowest BCUT2D eigenvalue weighted by atomic mass is 10.1. The molecule has 0 saturated heterocycles. The van der Waals surface area contributed by atoms with E-state index >= 15 is 0 Å². The smallest absolute Gasteiger partial charge is 0.261 e. The summed E-state index contributed by atoms with van der Waals surface area (Å²) in [5.41, 5.74) is 9.83. The van der Waals surface area contributed by atoms with E-state index in [4.69, 9.17) is 32.0 Å². The minimum absolute atomic E-state index is 0.250. The molecule has 0 aliphatic carbocycles. The summed E-state index contributed by atoms with van der Waals surface area (Å²) in [4.78, 5) is 12.7. The molecule has 174 valence electrons. The highest BCUT2D eigenvalue weighted by atomic mass is 35.5. The molecule has 0 atom stereocenters. The van der Waals surface area contributed by atoms with Gasteiger partial charge in [0.15, 0.2) is 5.82 Å². The number of nitrogens with one attached hydrogen (secondary N) is 3. The number of carbonyl (C=O) groups excluding carboxylic acids is 1. The molecule has 11 heteroatoms. The van der Waals surface area contributed by atoms with E-state index in [-0.39, 0.29) is 5.88 Å². The molecule has 0 unspecified atom stereocenters. The van der Waals surface area contributed by atoms with E-state index in [0.717, 1.165) is 11.8 Å². The minimum Gasteiger partial charge on any atom is -0.496 e. The lowest BCUT2D eigenvalue weighted by Crippen LogP contribution is -2.13. The first-order valence-electron chi connectivity index (χ1n) is 10.2. The zero-order chi connectivity index (χ0) is 24.4. The molecule has 0 bridgehead atoms. The van der Waals surface area contributed by atoms with Gasteiger partial charge in [-0.1, -0.05) is 16.8 Å². The van der Waals surface area contributed by atoms with E-state index in [1.54, 1.807) is 48.0 Å². The summed E-state index contributed by atoms with van der Waals surface area (Å²) in [5, 5.41) is 22.0. The van der Waals surface area contributed by atoms with Gasteiger partial charge in [-0.25, -0.2) is 4.68 Å². The van der Waals surface area contributed by atoms with Crippen molar-refractivity contribution in [3.05, 3.63) is 70.0 Å². The van der Waals surface area contributed by atoms with Gasteiger partial charge in [0, 0.05) is 41.4 Å². The third-order valence-electron chi connectivity index (χ3n) is 5.07. The number of methoxy groups -OCH3 is 1. The number of nitrogens with zero attached hydrogens (tertiary/aromatic N) is 3. The number of benzene rings is 2. The zero-order valence-corrected chi connectivity index (χ0v) is 19.4. The first kappa shape index (κ1) is 22.9. The molecule has 0 fully saturated rings. The van der Waals surface area contributed by atoms with Crippen molar-refractivity contribution in [2.75, 3.05) is 23.5 Å². The fourth-order valence-corrected chi connectivity index (χ4v) is 3.58. The van der Waals surface area contributed by atoms with Crippen LogP contribution in [-0.4, -0.2) is 34.2 Å². The van der Waals surface area contributed by atoms with Crippen molar-refractivity contribution in [2.24, 2.45) is 0 Å². The number of aromatic nitrogens is 3. The van der Waals surface area contributed by atoms with Gasteiger partial charge in [0.1, 0.15) is 5.75 Å². The average molecular weight is 480 g/mol. The van der Waals surface area contributed by atoms with Crippen LogP contribution >= 0.6 is 11.6 Å². The highest BCUT2D eigenvalue weighted by Gasteiger charge is 2.17. The molecule has 0 aliphatic rings. The van der Waals surface area contributed by atoms with Crippen molar-refractivity contribution in [1.82, 2.24) is 14.9 Å². The van der Waals surface area contributed by atoms with E-state index < -0.39 is 5.91 Å². The molecular weight excluding hydrogens is 458 g/mol. The van der Waals surface area contributed by atoms with Crippen LogP contribution in [0.25, 0.3) is 5.69 Å². The highest BCUT2D eigenvalue weighted by Crippen LogP contribution is 2.32. The largest absolute Gasteiger partial charge is 0.496 e. The second kappa shape index (κ2) is 9.28. The molecule has 5 N–H and O–H groups in total. The number of hydrogen-bond acceptors (Lipinski definition) is 8. The van der Waals surface area contributed by atoms with E-state index in [0.29, 0.717) is 50.5 Å². The lowest BCUT2D eigenvalue weighted by Gasteiger charge is -2.11. The van der Waals surface area contributed by atoms with Gasteiger partial charge in [0.25, 0.3) is 5.91 Å². The van der Waals surface area contributed by atoms with Crippen molar-refractivity contribution < 1.29 is 14.1 Å². The van der Waals surface area contributed by atoms with Crippen LogP contribution in [0.2, 0.25) is 5.02 Å². The number of amides is 1. The molecule has 10 nitrogen and oxygen atoms in total. The van der Waals surface area contributed by atoms with Crippen LogP contribution in [0.3, 0.4) is 0 Å². The molecule has 1 amide bonds. The SMILES string of the molecule is COc1cc(-n2cc(C)c(Nc3ccc(N)c(C=N)c3Cl)n2)ccc1C(=O)Nc1cc(C)no1. The molecule has 34 heavy (non-hydrogen) atoms. The number of anilines is 4. The third kappa shape index (κ3) is 4.44. The monoisotopic (exact) mass is 479 g/mol. The second-order valence-corrected chi connectivity index (χ2v) is 7.85. The van der Waals surface area contributed by atoms with Crippen LogP contribution in [0, 0.1) is 19.3 Å². The molecule has 2 aromatic heterocycles. The number of rotatable bonds is 7. The molecule has 4 rings (SSSR count). The maximum absolute atomic E-state index is 12.7. The Labute approximate surface area is 200 Å². The van der Waals surface area contributed by atoms with Crippen LogP contribution < -0.4 is 21.1 Å². The molecule has 0 radical (unpaired) electrons. The van der Waals surface area contributed by atoms with Crippen LogP contribution in [-0.2, 0) is 0 Å². The van der Waals surface area contributed by atoms with Gasteiger partial charge in [0.2, 0.25) is 5.88 Å². The van der Waals surface area contributed by atoms with Gasteiger partial charge >= 0.3 is 0 Å². The lowest BCUT2D eigenvalue weighted by molar-refractivity contribution is 0.102. The summed E-state index contributed by atoms with van der Waals surface area (Å²) in [5.74, 6) is 0.799. The van der Waals surface area contributed by atoms with Crippen LogP contribution in [0.15, 0.2) is 47.1 Å². The Bertz CT molecular complexity index is 1390. The molecule has 0 spiro atoms. The Morgan fingerprint density at radius 2 is 2.06 bits per heavy atom. The molecule has 0 aliphatic heterocycles. The molecule has 2 heterocycles. The van der Waals surface area contributed by atoms with E-state index in [1.807, 2.05) is 13.1 Å². The van der Waals surface area contributed by atoms with Gasteiger partial charge in [-0.3, -0.25) is 10.1 Å². The van der Waals surface area contributed by atoms with Crippen molar-refractivity contribution in [3.8, 4) is 11.4 Å². The Morgan fingerprint density at radius 3 is 2.74 bits per heavy atom. The first-order valence-corrected chi connectivity index (χ1v) is 10.5. The number of aryl methyl sites for hydroxylation is 2. The number of nitrogens with two attached hydrogens (primary N) is 1. The van der Waals surface area contributed by atoms with Crippen LogP contribution in [0.1, 0.15) is 27.2 Å². The van der Waals surface area contributed by atoms with Crippen molar-refractivity contribution in [1.29, 1.82) is 5.41 Å². The predicted octanol–water partition coefficient (Wildman–Crippen LogP) is 4.71. The fourth-order valence-electron chi connectivity index (χ4n) is 3.31. The Hall–Kier alpha value is -4.31. The quantitative estimate of drug-likeness (QED) is 0.222. The normalized spacial score (nSPS) is 10.7. The maximum atomic E-state index is 12.7. The van der Waals surface area contributed by atoms with E-state index in [2.05, 4.69) is 20.9 Å². The van der Waals surface area contributed by atoms with Gasteiger partial charge < -0.3 is 25.7 Å². The van der Waals surface area contributed by atoms with Crippen molar-refractivity contribution in [2.45, 2.75) is 13.8 Å². The number of ether oxygens (including phenoxy) is 1. The zero-order valence-electron chi connectivity index (χ0n) is 18.6. The standard InChI is InChI=1S/C23H22ClN7O3/c1-12-11-31(29-22(12)27-18-7-6-17(26)16(10-25)21(18)24)14-4-5-15(19(9-14)33-3)23(32)28-20-8-13(2)30-34-20/h4-11,25H,26H2,1-3H3,(H,27,29)(H,28,32). The molecule has 2 aromatic carbocycles. The second-order valence-electron chi connectivity index (χ2n) is 7.48. The summed E-state index contributed by atoms with van der Waals surface area (Å²) in [7, 11) is 1.49. The van der Waals surface area contributed by atoms with Crippen molar-refractivity contribution in [3.63, 3.8) is 0 Å². The van der Waals surface area contributed by atoms with E-state index in [9.17, 15) is 4.79 Å². The number of carbonyl (C=O) groups is 1. The number of halogens is 1. The summed E-state index contributed by atoms with van der Waals surface area (Å²) >= 11 is 6.39. The molecular formula is C23H22ClN7O3. The Morgan fingerprint density at radius 1 is 1.26 bits per heavy atom. The fraction of sp³-hybridized carbons (Fsp3) is 0.130. The highest BCUT2D eigenvalue weighted by molar-refractivity contribution is 6.36. The van der Waals surface area contributed by atoms with E-state index in [1.165, 1.54) is 7.11 Å². The molecule has 4 aromatic rings.